The van der Waals surface area contributed by atoms with Crippen molar-refractivity contribution in [3.8, 4) is 0 Å². The van der Waals surface area contributed by atoms with Crippen molar-refractivity contribution in [3.63, 3.8) is 0 Å². The second kappa shape index (κ2) is 7.90. The second-order valence-corrected chi connectivity index (χ2v) is 6.19. The third-order valence-electron chi connectivity index (χ3n) is 4.39. The highest BCUT2D eigenvalue weighted by atomic mass is 16.4. The number of aliphatic carboxylic acids is 1. The summed E-state index contributed by atoms with van der Waals surface area (Å²) in [6, 6.07) is 12.9. The number of rotatable bonds is 6. The van der Waals surface area contributed by atoms with Crippen LogP contribution < -0.4 is 0 Å². The molecular weight excluding hydrogens is 318 g/mol. The van der Waals surface area contributed by atoms with Gasteiger partial charge in [0.1, 0.15) is 6.04 Å². The van der Waals surface area contributed by atoms with E-state index in [0.29, 0.717) is 26.2 Å². The number of benzene rings is 1. The molecule has 0 bridgehead atoms. The van der Waals surface area contributed by atoms with Gasteiger partial charge in [0.2, 0.25) is 5.91 Å². The summed E-state index contributed by atoms with van der Waals surface area (Å²) in [7, 11) is 0. The normalized spacial score (nSPS) is 18.3. The number of pyridine rings is 1. The van der Waals surface area contributed by atoms with Crippen LogP contribution >= 0.6 is 0 Å². The first-order valence-electron chi connectivity index (χ1n) is 8.31. The Morgan fingerprint density at radius 1 is 1.08 bits per heavy atom. The lowest BCUT2D eigenvalue weighted by molar-refractivity contribution is -0.150. The van der Waals surface area contributed by atoms with E-state index in [0.717, 1.165) is 11.1 Å². The zero-order valence-electron chi connectivity index (χ0n) is 13.9. The summed E-state index contributed by atoms with van der Waals surface area (Å²) in [6.07, 6.45) is 3.25. The molecule has 0 saturated carbocycles. The zero-order valence-corrected chi connectivity index (χ0v) is 13.9. The Hall–Kier alpha value is -2.73. The summed E-state index contributed by atoms with van der Waals surface area (Å²) in [5.41, 5.74) is 2.02. The van der Waals surface area contributed by atoms with Gasteiger partial charge in [0, 0.05) is 38.6 Å². The van der Waals surface area contributed by atoms with Crippen molar-refractivity contribution in [3.05, 3.63) is 66.0 Å². The minimum Gasteiger partial charge on any atom is -0.481 e. The van der Waals surface area contributed by atoms with E-state index in [4.69, 9.17) is 0 Å². The van der Waals surface area contributed by atoms with E-state index in [2.05, 4.69) is 4.98 Å². The Bertz CT molecular complexity index is 721. The topological polar surface area (TPSA) is 73.7 Å². The van der Waals surface area contributed by atoms with E-state index in [1.807, 2.05) is 47.4 Å². The van der Waals surface area contributed by atoms with Crippen LogP contribution in [-0.2, 0) is 22.7 Å². The van der Waals surface area contributed by atoms with Crippen LogP contribution in [0.5, 0.6) is 0 Å². The number of aromatic nitrogens is 1. The Kier molecular flexibility index (Phi) is 5.40. The van der Waals surface area contributed by atoms with E-state index in [9.17, 15) is 14.7 Å². The van der Waals surface area contributed by atoms with Gasteiger partial charge in [0.05, 0.1) is 6.42 Å². The van der Waals surface area contributed by atoms with Crippen molar-refractivity contribution in [2.24, 2.45) is 0 Å². The number of hydrogen-bond acceptors (Lipinski definition) is 4. The molecule has 0 spiro atoms. The highest BCUT2D eigenvalue weighted by molar-refractivity contribution is 5.86. The largest absolute Gasteiger partial charge is 0.481 e. The summed E-state index contributed by atoms with van der Waals surface area (Å²) >= 11 is 0. The molecule has 1 fully saturated rings. The molecular formula is C19H21N3O3. The van der Waals surface area contributed by atoms with E-state index in [-0.39, 0.29) is 12.3 Å². The molecule has 2 aromatic rings. The number of carboxylic acids is 1. The molecule has 130 valence electrons. The molecule has 1 aromatic heterocycles. The Balaban J connectivity index is 1.74. The average Bonchev–Trinajstić information content (AvgIpc) is 2.62. The van der Waals surface area contributed by atoms with Crippen LogP contribution in [0.25, 0.3) is 0 Å². The molecule has 1 amide bonds. The van der Waals surface area contributed by atoms with Crippen LogP contribution in [0.2, 0.25) is 0 Å². The van der Waals surface area contributed by atoms with Crippen LogP contribution in [-0.4, -0.2) is 50.9 Å². The third-order valence-corrected chi connectivity index (χ3v) is 4.39. The molecule has 1 saturated heterocycles. The van der Waals surface area contributed by atoms with Crippen LogP contribution in [0.4, 0.5) is 0 Å². The van der Waals surface area contributed by atoms with Gasteiger partial charge in [-0.3, -0.25) is 19.5 Å². The molecule has 1 aliphatic heterocycles. The molecule has 3 rings (SSSR count). The number of piperazine rings is 1. The van der Waals surface area contributed by atoms with Crippen LogP contribution in [0.15, 0.2) is 54.9 Å². The van der Waals surface area contributed by atoms with Crippen molar-refractivity contribution in [2.75, 3.05) is 13.1 Å². The molecule has 0 radical (unpaired) electrons. The van der Waals surface area contributed by atoms with Gasteiger partial charge in [0.15, 0.2) is 0 Å². The lowest BCUT2D eigenvalue weighted by atomic mass is 10.1. The Labute approximate surface area is 146 Å². The van der Waals surface area contributed by atoms with E-state index >= 15 is 0 Å². The van der Waals surface area contributed by atoms with Gasteiger partial charge >= 0.3 is 5.97 Å². The van der Waals surface area contributed by atoms with Crippen molar-refractivity contribution >= 4 is 11.9 Å². The van der Waals surface area contributed by atoms with Gasteiger partial charge in [-0.25, -0.2) is 0 Å². The lowest BCUT2D eigenvalue weighted by Crippen LogP contribution is -2.56. The number of amides is 1. The number of carboxylic acid groups (broad SMARTS) is 1. The zero-order chi connectivity index (χ0) is 17.6. The van der Waals surface area contributed by atoms with Crippen LogP contribution in [0.3, 0.4) is 0 Å². The molecule has 1 aromatic carbocycles. The summed E-state index contributed by atoms with van der Waals surface area (Å²) in [4.78, 5) is 31.9. The first-order chi connectivity index (χ1) is 12.1. The maximum atomic E-state index is 12.9. The molecule has 0 aliphatic carbocycles. The van der Waals surface area contributed by atoms with Gasteiger partial charge in [-0.15, -0.1) is 0 Å². The standard InChI is InChI=1S/C19H21N3O3/c23-18(24)11-17-19(25)22(13-15-5-2-1-3-6-15)10-9-21(17)14-16-7-4-8-20-12-16/h1-8,12,17H,9-11,13-14H2,(H,23,24). The minimum atomic E-state index is -0.962. The van der Waals surface area contributed by atoms with Crippen molar-refractivity contribution in [1.29, 1.82) is 0 Å². The number of carbonyl (C=O) groups excluding carboxylic acids is 1. The van der Waals surface area contributed by atoms with Gasteiger partial charge in [-0.05, 0) is 17.2 Å². The van der Waals surface area contributed by atoms with E-state index in [1.165, 1.54) is 0 Å². The van der Waals surface area contributed by atoms with Gasteiger partial charge in [0.25, 0.3) is 0 Å². The fraction of sp³-hybridized carbons (Fsp3) is 0.316. The van der Waals surface area contributed by atoms with Crippen LogP contribution in [0, 0.1) is 0 Å². The van der Waals surface area contributed by atoms with Gasteiger partial charge in [-0.2, -0.15) is 0 Å². The smallest absolute Gasteiger partial charge is 0.305 e. The second-order valence-electron chi connectivity index (χ2n) is 6.19. The van der Waals surface area contributed by atoms with E-state index < -0.39 is 12.0 Å². The maximum absolute atomic E-state index is 12.9. The first-order valence-corrected chi connectivity index (χ1v) is 8.31. The fourth-order valence-electron chi connectivity index (χ4n) is 3.14. The fourth-order valence-corrected chi connectivity index (χ4v) is 3.14. The summed E-state index contributed by atoms with van der Waals surface area (Å²) in [5, 5.41) is 9.23. The SMILES string of the molecule is O=C(O)CC1C(=O)N(Cc2ccccc2)CCN1Cc1cccnc1. The highest BCUT2D eigenvalue weighted by Crippen LogP contribution is 2.19. The molecule has 2 heterocycles. The monoisotopic (exact) mass is 339 g/mol. The third kappa shape index (κ3) is 4.42. The Morgan fingerprint density at radius 2 is 1.84 bits per heavy atom. The molecule has 6 heteroatoms. The summed E-state index contributed by atoms with van der Waals surface area (Å²) < 4.78 is 0. The summed E-state index contributed by atoms with van der Waals surface area (Å²) in [6.45, 7) is 2.27. The lowest BCUT2D eigenvalue weighted by Gasteiger charge is -2.40. The highest BCUT2D eigenvalue weighted by Gasteiger charge is 2.36. The average molecular weight is 339 g/mol. The molecule has 1 unspecified atom stereocenters. The molecule has 1 N–H and O–H groups in total. The van der Waals surface area contributed by atoms with Crippen LogP contribution in [0.1, 0.15) is 17.5 Å². The van der Waals surface area contributed by atoms with Crippen molar-refractivity contribution in [1.82, 2.24) is 14.8 Å². The first kappa shape index (κ1) is 17.1. The molecule has 25 heavy (non-hydrogen) atoms. The minimum absolute atomic E-state index is 0.124. The predicted octanol–water partition coefficient (Wildman–Crippen LogP) is 1.77. The molecule has 1 atom stereocenters. The summed E-state index contributed by atoms with van der Waals surface area (Å²) in [5.74, 6) is -1.09. The maximum Gasteiger partial charge on any atom is 0.305 e. The van der Waals surface area contributed by atoms with Gasteiger partial charge < -0.3 is 10.0 Å². The molecule has 6 nitrogen and oxygen atoms in total. The van der Waals surface area contributed by atoms with Crippen molar-refractivity contribution < 1.29 is 14.7 Å². The number of nitrogens with zero attached hydrogens (tertiary/aromatic N) is 3. The molecule has 1 aliphatic rings. The number of carbonyl (C=O) groups is 2. The quantitative estimate of drug-likeness (QED) is 0.868. The van der Waals surface area contributed by atoms with E-state index in [1.54, 1.807) is 17.3 Å². The number of hydrogen-bond donors (Lipinski definition) is 1. The Morgan fingerprint density at radius 3 is 2.52 bits per heavy atom. The predicted molar refractivity (Wildman–Crippen MR) is 92.5 cm³/mol. The van der Waals surface area contributed by atoms with Gasteiger partial charge in [-0.1, -0.05) is 36.4 Å². The van der Waals surface area contributed by atoms with Crippen molar-refractivity contribution in [2.45, 2.75) is 25.6 Å².